The van der Waals surface area contributed by atoms with Gasteiger partial charge in [0, 0.05) is 15.7 Å². The molecule has 0 spiro atoms. The van der Waals surface area contributed by atoms with Crippen LogP contribution < -0.4 is 10.1 Å². The lowest BCUT2D eigenvalue weighted by molar-refractivity contribution is -0.122. The largest absolute Gasteiger partial charge is 0.480 e. The van der Waals surface area contributed by atoms with Crippen molar-refractivity contribution >= 4 is 34.2 Å². The summed E-state index contributed by atoms with van der Waals surface area (Å²) in [5, 5.41) is 2.89. The molecular weight excluding hydrogens is 353 g/mol. The Morgan fingerprint density at radius 1 is 1.21 bits per heavy atom. The summed E-state index contributed by atoms with van der Waals surface area (Å²) in [5.41, 5.74) is 1.89. The first kappa shape index (κ1) is 12.5. The highest BCUT2D eigenvalue weighted by Gasteiger charge is 2.28. The van der Waals surface area contributed by atoms with E-state index in [1.807, 2.05) is 48.5 Å². The van der Waals surface area contributed by atoms with Crippen LogP contribution in [-0.4, -0.2) is 12.0 Å². The van der Waals surface area contributed by atoms with E-state index in [1.54, 1.807) is 0 Å². The summed E-state index contributed by atoms with van der Waals surface area (Å²) in [6.07, 6.45) is 0.196. The van der Waals surface area contributed by atoms with Gasteiger partial charge in [0.15, 0.2) is 6.10 Å². The maximum atomic E-state index is 12.2. The third-order valence-electron chi connectivity index (χ3n) is 3.03. The lowest BCUT2D eigenvalue weighted by Crippen LogP contribution is -2.31. The zero-order valence-electron chi connectivity index (χ0n) is 10.1. The van der Waals surface area contributed by atoms with Gasteiger partial charge in [-0.05, 0) is 52.4 Å². The molecule has 0 radical (unpaired) electrons. The molecule has 19 heavy (non-hydrogen) atoms. The van der Waals surface area contributed by atoms with Crippen molar-refractivity contribution in [3.05, 3.63) is 57.7 Å². The summed E-state index contributed by atoms with van der Waals surface area (Å²) in [6, 6.07) is 15.5. The second kappa shape index (κ2) is 5.21. The monoisotopic (exact) mass is 365 g/mol. The van der Waals surface area contributed by atoms with Crippen molar-refractivity contribution in [3.63, 3.8) is 0 Å². The minimum absolute atomic E-state index is 0.0989. The Morgan fingerprint density at radius 3 is 2.84 bits per heavy atom. The first-order valence-corrected chi connectivity index (χ1v) is 7.11. The van der Waals surface area contributed by atoms with E-state index in [4.69, 9.17) is 4.74 Å². The number of hydrogen-bond acceptors (Lipinski definition) is 2. The number of benzene rings is 2. The predicted octanol–water partition coefficient (Wildman–Crippen LogP) is 3.23. The van der Waals surface area contributed by atoms with E-state index < -0.39 is 6.10 Å². The first-order chi connectivity index (χ1) is 9.22. The molecule has 3 rings (SSSR count). The van der Waals surface area contributed by atoms with Crippen LogP contribution in [-0.2, 0) is 11.2 Å². The number of amides is 1. The highest BCUT2D eigenvalue weighted by atomic mass is 127. The van der Waals surface area contributed by atoms with Crippen molar-refractivity contribution in [1.29, 1.82) is 0 Å². The van der Waals surface area contributed by atoms with Gasteiger partial charge in [-0.15, -0.1) is 0 Å². The van der Waals surface area contributed by atoms with Crippen molar-refractivity contribution < 1.29 is 9.53 Å². The molecule has 0 bridgehead atoms. The van der Waals surface area contributed by atoms with E-state index in [1.165, 1.54) is 0 Å². The van der Waals surface area contributed by atoms with Gasteiger partial charge in [0.2, 0.25) is 0 Å². The van der Waals surface area contributed by atoms with Gasteiger partial charge >= 0.3 is 0 Å². The summed E-state index contributed by atoms with van der Waals surface area (Å²) >= 11 is 2.22. The number of carbonyl (C=O) groups is 1. The van der Waals surface area contributed by atoms with Gasteiger partial charge in [0.1, 0.15) is 5.75 Å². The van der Waals surface area contributed by atoms with Gasteiger partial charge in [-0.1, -0.05) is 24.3 Å². The van der Waals surface area contributed by atoms with E-state index in [2.05, 4.69) is 27.9 Å². The maximum Gasteiger partial charge on any atom is 0.265 e. The minimum Gasteiger partial charge on any atom is -0.480 e. The Kier molecular flexibility index (Phi) is 3.42. The van der Waals surface area contributed by atoms with Crippen LogP contribution in [0.4, 0.5) is 5.69 Å². The summed E-state index contributed by atoms with van der Waals surface area (Å²) in [7, 11) is 0. The highest BCUT2D eigenvalue weighted by molar-refractivity contribution is 14.1. The number of nitrogens with one attached hydrogen (secondary N) is 1. The number of carbonyl (C=O) groups excluding carboxylic acids is 1. The molecule has 1 amide bonds. The minimum atomic E-state index is -0.435. The SMILES string of the molecule is O=C(Nc1cccc(I)c1)C1Cc2ccccc2O1. The maximum absolute atomic E-state index is 12.2. The van der Waals surface area contributed by atoms with Crippen LogP contribution in [0, 0.1) is 3.57 Å². The summed E-state index contributed by atoms with van der Waals surface area (Å²) in [6.45, 7) is 0. The zero-order valence-corrected chi connectivity index (χ0v) is 12.3. The van der Waals surface area contributed by atoms with Gasteiger partial charge < -0.3 is 10.1 Å². The number of hydrogen-bond donors (Lipinski definition) is 1. The van der Waals surface area contributed by atoms with Gasteiger partial charge in [0.25, 0.3) is 5.91 Å². The normalized spacial score (nSPS) is 16.6. The number of rotatable bonds is 2. The summed E-state index contributed by atoms with van der Waals surface area (Å²) in [5.74, 6) is 0.712. The third kappa shape index (κ3) is 2.73. The van der Waals surface area contributed by atoms with E-state index in [0.29, 0.717) is 6.42 Å². The van der Waals surface area contributed by atoms with Gasteiger partial charge in [-0.25, -0.2) is 0 Å². The fourth-order valence-electron chi connectivity index (χ4n) is 2.12. The molecule has 0 saturated carbocycles. The summed E-state index contributed by atoms with van der Waals surface area (Å²) in [4.78, 5) is 12.2. The Bertz CT molecular complexity index is 602. The van der Waals surface area contributed by atoms with Crippen LogP contribution >= 0.6 is 22.6 Å². The molecule has 4 heteroatoms. The molecular formula is C15H12INO2. The number of para-hydroxylation sites is 1. The van der Waals surface area contributed by atoms with Gasteiger partial charge in [-0.3, -0.25) is 4.79 Å². The third-order valence-corrected chi connectivity index (χ3v) is 3.70. The topological polar surface area (TPSA) is 38.3 Å². The molecule has 96 valence electrons. The predicted molar refractivity (Wildman–Crippen MR) is 82.4 cm³/mol. The van der Waals surface area contributed by atoms with Crippen LogP contribution in [0.5, 0.6) is 5.75 Å². The van der Waals surface area contributed by atoms with Crippen LogP contribution in [0.15, 0.2) is 48.5 Å². The quantitative estimate of drug-likeness (QED) is 0.830. The van der Waals surface area contributed by atoms with Gasteiger partial charge in [-0.2, -0.15) is 0 Å². The average Bonchev–Trinajstić information content (AvgIpc) is 2.82. The smallest absolute Gasteiger partial charge is 0.265 e. The fourth-order valence-corrected chi connectivity index (χ4v) is 2.66. The van der Waals surface area contributed by atoms with E-state index >= 15 is 0 Å². The first-order valence-electron chi connectivity index (χ1n) is 6.03. The highest BCUT2D eigenvalue weighted by Crippen LogP contribution is 2.28. The molecule has 1 atom stereocenters. The Labute approximate surface area is 125 Å². The molecule has 1 unspecified atom stereocenters. The molecule has 1 heterocycles. The van der Waals surface area contributed by atoms with Crippen molar-refractivity contribution in [2.45, 2.75) is 12.5 Å². The molecule has 0 aliphatic carbocycles. The van der Waals surface area contributed by atoms with E-state index in [0.717, 1.165) is 20.6 Å². The second-order valence-electron chi connectivity index (χ2n) is 4.42. The van der Waals surface area contributed by atoms with Crippen molar-refractivity contribution in [1.82, 2.24) is 0 Å². The van der Waals surface area contributed by atoms with E-state index in [-0.39, 0.29) is 5.91 Å². The molecule has 1 aliphatic heterocycles. The molecule has 1 aliphatic rings. The van der Waals surface area contributed by atoms with Crippen molar-refractivity contribution in [3.8, 4) is 5.75 Å². The van der Waals surface area contributed by atoms with Crippen molar-refractivity contribution in [2.75, 3.05) is 5.32 Å². The molecule has 0 saturated heterocycles. The van der Waals surface area contributed by atoms with Crippen LogP contribution in [0.25, 0.3) is 0 Å². The standard InChI is InChI=1S/C15H12INO2/c16-11-5-3-6-12(9-11)17-15(18)14-8-10-4-1-2-7-13(10)19-14/h1-7,9,14H,8H2,(H,17,18). The lowest BCUT2D eigenvalue weighted by atomic mass is 10.1. The molecule has 2 aromatic carbocycles. The van der Waals surface area contributed by atoms with Gasteiger partial charge in [0.05, 0.1) is 0 Å². The molecule has 3 nitrogen and oxygen atoms in total. The molecule has 2 aromatic rings. The fraction of sp³-hybridized carbons (Fsp3) is 0.133. The number of anilines is 1. The lowest BCUT2D eigenvalue weighted by Gasteiger charge is -2.11. The summed E-state index contributed by atoms with van der Waals surface area (Å²) < 4.78 is 6.75. The van der Waals surface area contributed by atoms with Crippen molar-refractivity contribution in [2.24, 2.45) is 0 Å². The van der Waals surface area contributed by atoms with Crippen LogP contribution in [0.1, 0.15) is 5.56 Å². The zero-order chi connectivity index (χ0) is 13.2. The Morgan fingerprint density at radius 2 is 2.05 bits per heavy atom. The Balaban J connectivity index is 1.70. The number of ether oxygens (including phenoxy) is 1. The molecule has 0 fully saturated rings. The van der Waals surface area contributed by atoms with Crippen LogP contribution in [0.2, 0.25) is 0 Å². The molecule has 0 aromatic heterocycles. The van der Waals surface area contributed by atoms with Crippen LogP contribution in [0.3, 0.4) is 0 Å². The molecule has 1 N–H and O–H groups in total. The number of halogens is 1. The average molecular weight is 365 g/mol. The second-order valence-corrected chi connectivity index (χ2v) is 5.66. The van der Waals surface area contributed by atoms with E-state index in [9.17, 15) is 4.79 Å². The number of fused-ring (bicyclic) bond motifs is 1. The Hall–Kier alpha value is -1.56.